The first-order valence-electron chi connectivity index (χ1n) is 14.4. The number of benzene rings is 5. The van der Waals surface area contributed by atoms with Gasteiger partial charge in [0, 0.05) is 32.7 Å². The van der Waals surface area contributed by atoms with Crippen molar-refractivity contribution in [1.29, 1.82) is 0 Å². The van der Waals surface area contributed by atoms with E-state index in [1.807, 2.05) is 78.9 Å². The molecule has 0 aliphatic carbocycles. The lowest BCUT2D eigenvalue weighted by Gasteiger charge is -2.33. The van der Waals surface area contributed by atoms with Crippen molar-refractivity contribution in [3.8, 4) is 17.2 Å². The van der Waals surface area contributed by atoms with Crippen molar-refractivity contribution < 1.29 is 4.79 Å². The van der Waals surface area contributed by atoms with Crippen molar-refractivity contribution in [3.05, 3.63) is 132 Å². The maximum Gasteiger partial charge on any atom is 0.264 e. The number of hydrogen-bond acceptors (Lipinski definition) is 4. The molecule has 0 N–H and O–H groups in total. The normalized spacial score (nSPS) is 14.0. The van der Waals surface area contributed by atoms with Gasteiger partial charge in [0.25, 0.3) is 5.91 Å². The molecule has 0 spiro atoms. The summed E-state index contributed by atoms with van der Waals surface area (Å²) in [5.74, 6) is 2.19. The van der Waals surface area contributed by atoms with Gasteiger partial charge in [0.15, 0.2) is 5.82 Å². The minimum absolute atomic E-state index is 0.0457. The Kier molecular flexibility index (Phi) is 4.72. The minimum Gasteiger partial charge on any atom is -0.293 e. The smallest absolute Gasteiger partial charge is 0.264 e. The molecule has 4 heterocycles. The van der Waals surface area contributed by atoms with Gasteiger partial charge in [0.05, 0.1) is 27.6 Å². The Morgan fingerprint density at radius 1 is 0.581 bits per heavy atom. The average Bonchev–Trinajstić information content (AvgIpc) is 3.61. The van der Waals surface area contributed by atoms with Crippen LogP contribution in [0.5, 0.6) is 0 Å². The summed E-state index contributed by atoms with van der Waals surface area (Å²) >= 11 is 0. The highest BCUT2D eigenvalue weighted by molar-refractivity contribution is 6.17. The van der Waals surface area contributed by atoms with Gasteiger partial charge in [0.1, 0.15) is 11.6 Å². The number of rotatable bonds is 2. The molecule has 0 bridgehead atoms. The highest BCUT2D eigenvalue weighted by atomic mass is 16.2. The fourth-order valence-corrected chi connectivity index (χ4v) is 6.95. The predicted molar refractivity (Wildman–Crippen MR) is 171 cm³/mol. The van der Waals surface area contributed by atoms with Crippen LogP contribution in [0, 0.1) is 0 Å². The van der Waals surface area contributed by atoms with Crippen molar-refractivity contribution >= 4 is 49.6 Å². The van der Waals surface area contributed by atoms with Crippen molar-refractivity contribution in [2.45, 2.75) is 19.3 Å². The number of fused-ring (bicyclic) bond motifs is 9. The molecule has 43 heavy (non-hydrogen) atoms. The average molecular weight is 556 g/mol. The van der Waals surface area contributed by atoms with E-state index < -0.39 is 5.41 Å². The van der Waals surface area contributed by atoms with Gasteiger partial charge in [-0.15, -0.1) is 0 Å². The number of para-hydroxylation sites is 4. The summed E-state index contributed by atoms with van der Waals surface area (Å²) in [4.78, 5) is 29.4. The molecule has 0 radical (unpaired) electrons. The molecule has 6 heteroatoms. The highest BCUT2D eigenvalue weighted by Gasteiger charge is 2.42. The van der Waals surface area contributed by atoms with Crippen molar-refractivity contribution in [2.24, 2.45) is 0 Å². The fourth-order valence-electron chi connectivity index (χ4n) is 6.95. The third-order valence-corrected chi connectivity index (χ3v) is 8.84. The van der Waals surface area contributed by atoms with Crippen LogP contribution in [0.1, 0.15) is 35.6 Å². The standard InChI is InChI=1S/C37H25N5O/c1-37(2)32-25(35(43)42-29-19-11-9-17-27(29)39-36(37)42)20-21-30-31(32)24-15-7-10-18-28(24)41(30)34-23-14-6-8-16-26(23)38-33(40-34)22-12-4-3-5-13-22/h3-21H,1-2H3. The molecule has 5 aromatic carbocycles. The summed E-state index contributed by atoms with van der Waals surface area (Å²) in [6.07, 6.45) is 0. The lowest BCUT2D eigenvalue weighted by Crippen LogP contribution is -2.35. The summed E-state index contributed by atoms with van der Waals surface area (Å²) in [6, 6.07) is 38.6. The number of nitrogens with zero attached hydrogens (tertiary/aromatic N) is 5. The summed E-state index contributed by atoms with van der Waals surface area (Å²) in [5, 5.41) is 3.08. The van der Waals surface area contributed by atoms with Crippen LogP contribution in [0.4, 0.5) is 0 Å². The van der Waals surface area contributed by atoms with E-state index in [1.54, 1.807) is 4.57 Å². The van der Waals surface area contributed by atoms with Gasteiger partial charge in [-0.05, 0) is 61.9 Å². The second-order valence-corrected chi connectivity index (χ2v) is 11.7. The van der Waals surface area contributed by atoms with E-state index in [9.17, 15) is 4.79 Å². The van der Waals surface area contributed by atoms with Crippen molar-refractivity contribution in [2.75, 3.05) is 0 Å². The van der Waals surface area contributed by atoms with Gasteiger partial charge in [-0.2, -0.15) is 0 Å². The summed E-state index contributed by atoms with van der Waals surface area (Å²) in [6.45, 7) is 4.35. The number of carbonyl (C=O) groups excluding carboxylic acids is 1. The van der Waals surface area contributed by atoms with Gasteiger partial charge in [0.2, 0.25) is 0 Å². The van der Waals surface area contributed by atoms with Gasteiger partial charge in [-0.3, -0.25) is 13.9 Å². The zero-order valence-corrected chi connectivity index (χ0v) is 23.6. The van der Waals surface area contributed by atoms with Crippen molar-refractivity contribution in [3.63, 3.8) is 0 Å². The van der Waals surface area contributed by atoms with Gasteiger partial charge in [-0.1, -0.05) is 72.8 Å². The maximum atomic E-state index is 14.2. The monoisotopic (exact) mass is 555 g/mol. The zero-order valence-electron chi connectivity index (χ0n) is 23.6. The molecule has 0 atom stereocenters. The molecule has 0 saturated carbocycles. The van der Waals surface area contributed by atoms with Crippen LogP contribution in [0.25, 0.3) is 60.9 Å². The first-order chi connectivity index (χ1) is 21.0. The van der Waals surface area contributed by atoms with E-state index in [4.69, 9.17) is 15.0 Å². The van der Waals surface area contributed by atoms with E-state index >= 15 is 0 Å². The molecule has 9 rings (SSSR count). The van der Waals surface area contributed by atoms with Crippen molar-refractivity contribution in [1.82, 2.24) is 24.1 Å². The lowest BCUT2D eigenvalue weighted by molar-refractivity contribution is 0.0948. The molecule has 0 unspecified atom stereocenters. The maximum absolute atomic E-state index is 14.2. The van der Waals surface area contributed by atoms with E-state index in [-0.39, 0.29) is 5.91 Å². The van der Waals surface area contributed by atoms with E-state index in [1.165, 1.54) is 0 Å². The van der Waals surface area contributed by atoms with E-state index in [0.29, 0.717) is 11.4 Å². The molecule has 1 aliphatic heterocycles. The first kappa shape index (κ1) is 24.0. The molecule has 3 aromatic heterocycles. The Morgan fingerprint density at radius 3 is 2.07 bits per heavy atom. The van der Waals surface area contributed by atoms with E-state index in [2.05, 4.69) is 54.8 Å². The summed E-state index contributed by atoms with van der Waals surface area (Å²) in [7, 11) is 0. The van der Waals surface area contributed by atoms with Crippen LogP contribution < -0.4 is 0 Å². The first-order valence-corrected chi connectivity index (χ1v) is 14.4. The summed E-state index contributed by atoms with van der Waals surface area (Å²) in [5.41, 5.74) is 6.67. The molecular formula is C37H25N5O. The quantitative estimate of drug-likeness (QED) is 0.216. The second kappa shape index (κ2) is 8.46. The topological polar surface area (TPSA) is 65.6 Å². The Labute approximate surface area is 246 Å². The van der Waals surface area contributed by atoms with Crippen LogP contribution in [-0.4, -0.2) is 30.0 Å². The highest BCUT2D eigenvalue weighted by Crippen LogP contribution is 2.46. The number of hydrogen-bond donors (Lipinski definition) is 0. The molecule has 0 fully saturated rings. The van der Waals surface area contributed by atoms with Gasteiger partial charge in [-0.25, -0.2) is 15.0 Å². The van der Waals surface area contributed by atoms with Crippen LogP contribution in [0.3, 0.4) is 0 Å². The van der Waals surface area contributed by atoms with Gasteiger partial charge >= 0.3 is 0 Å². The lowest BCUT2D eigenvalue weighted by atomic mass is 9.76. The third kappa shape index (κ3) is 3.17. The molecule has 1 aliphatic rings. The van der Waals surface area contributed by atoms with Crippen LogP contribution in [0.2, 0.25) is 0 Å². The molecule has 204 valence electrons. The molecule has 6 nitrogen and oxygen atoms in total. The van der Waals surface area contributed by atoms with Crippen LogP contribution in [-0.2, 0) is 5.41 Å². The van der Waals surface area contributed by atoms with Gasteiger partial charge < -0.3 is 0 Å². The zero-order chi connectivity index (χ0) is 28.9. The largest absolute Gasteiger partial charge is 0.293 e. The molecule has 0 amide bonds. The number of aromatic nitrogens is 5. The second-order valence-electron chi connectivity index (χ2n) is 11.7. The number of imidazole rings is 1. The Bertz CT molecular complexity index is 2450. The third-order valence-electron chi connectivity index (χ3n) is 8.84. The minimum atomic E-state index is -0.542. The Morgan fingerprint density at radius 2 is 1.26 bits per heavy atom. The molecule has 8 aromatic rings. The molecular weight excluding hydrogens is 530 g/mol. The van der Waals surface area contributed by atoms with E-state index in [0.717, 1.165) is 66.5 Å². The SMILES string of the molecule is CC1(C)c2c(ccc3c2c2ccccc2n3-c2nc(-c3ccccc3)nc3ccccc23)C(=O)n2c1nc1ccccc12. The predicted octanol–water partition coefficient (Wildman–Crippen LogP) is 8.07. The molecule has 0 saturated heterocycles. The summed E-state index contributed by atoms with van der Waals surface area (Å²) < 4.78 is 4.03. The number of carbonyl (C=O) groups is 1. The Hall–Kier alpha value is -5.62. The Balaban J connectivity index is 1.41. The fraction of sp³-hybridized carbons (Fsp3) is 0.0811. The van der Waals surface area contributed by atoms with Crippen LogP contribution >= 0.6 is 0 Å². The van der Waals surface area contributed by atoms with Crippen LogP contribution in [0.15, 0.2) is 115 Å².